The van der Waals surface area contributed by atoms with E-state index < -0.39 is 5.92 Å². The number of amides is 3. The van der Waals surface area contributed by atoms with Crippen molar-refractivity contribution in [3.63, 3.8) is 0 Å². The van der Waals surface area contributed by atoms with Crippen LogP contribution in [0.2, 0.25) is 0 Å². The van der Waals surface area contributed by atoms with Crippen LogP contribution in [0.25, 0.3) is 0 Å². The molecule has 0 unspecified atom stereocenters. The fraction of sp³-hybridized carbons (Fsp3) is 0.471. The summed E-state index contributed by atoms with van der Waals surface area (Å²) < 4.78 is 0. The van der Waals surface area contributed by atoms with Crippen LogP contribution in [0.3, 0.4) is 0 Å². The van der Waals surface area contributed by atoms with Gasteiger partial charge in [0.05, 0.1) is 0 Å². The van der Waals surface area contributed by atoms with E-state index in [1.807, 2.05) is 23.1 Å². The van der Waals surface area contributed by atoms with Crippen molar-refractivity contribution in [1.82, 2.24) is 20.7 Å². The van der Waals surface area contributed by atoms with Crippen molar-refractivity contribution in [3.8, 4) is 0 Å². The molecule has 2 N–H and O–H groups in total. The summed E-state index contributed by atoms with van der Waals surface area (Å²) >= 11 is 0. The molecule has 0 radical (unpaired) electrons. The van der Waals surface area contributed by atoms with Crippen LogP contribution in [0.1, 0.15) is 18.4 Å². The zero-order chi connectivity index (χ0) is 16.9. The van der Waals surface area contributed by atoms with Crippen LogP contribution in [0.5, 0.6) is 0 Å². The van der Waals surface area contributed by atoms with Gasteiger partial charge in [-0.25, -0.2) is 0 Å². The lowest BCUT2D eigenvalue weighted by atomic mass is 10.0. The Morgan fingerprint density at radius 1 is 1.00 bits per heavy atom. The third-order valence-electron chi connectivity index (χ3n) is 4.56. The first-order chi connectivity index (χ1) is 11.6. The lowest BCUT2D eigenvalue weighted by molar-refractivity contribution is -0.134. The molecule has 0 spiro atoms. The molecule has 7 heteroatoms. The van der Waals surface area contributed by atoms with Crippen molar-refractivity contribution in [2.24, 2.45) is 5.92 Å². The summed E-state index contributed by atoms with van der Waals surface area (Å²) in [6, 6.07) is 10.3. The van der Waals surface area contributed by atoms with Gasteiger partial charge >= 0.3 is 0 Å². The maximum Gasteiger partial charge on any atom is 0.251 e. The third kappa shape index (κ3) is 3.91. The second kappa shape index (κ2) is 7.44. The Hall–Kier alpha value is -2.41. The van der Waals surface area contributed by atoms with Crippen LogP contribution in [0.15, 0.2) is 30.3 Å². The number of carbonyl (C=O) groups is 3. The van der Waals surface area contributed by atoms with Crippen molar-refractivity contribution < 1.29 is 14.4 Å². The lowest BCUT2D eigenvalue weighted by Gasteiger charge is -2.35. The number of hydrogen-bond acceptors (Lipinski definition) is 4. The predicted molar refractivity (Wildman–Crippen MR) is 87.3 cm³/mol. The minimum atomic E-state index is -0.742. The molecule has 0 saturated carbocycles. The van der Waals surface area contributed by atoms with Crippen molar-refractivity contribution in [3.05, 3.63) is 35.9 Å². The molecule has 3 amide bonds. The van der Waals surface area contributed by atoms with Crippen LogP contribution in [-0.2, 0) is 20.9 Å². The van der Waals surface area contributed by atoms with E-state index in [-0.39, 0.29) is 30.6 Å². The molecule has 2 heterocycles. The molecule has 2 aliphatic rings. The molecule has 24 heavy (non-hydrogen) atoms. The van der Waals surface area contributed by atoms with E-state index in [4.69, 9.17) is 0 Å². The van der Waals surface area contributed by atoms with Gasteiger partial charge in [-0.15, -0.1) is 0 Å². The van der Waals surface area contributed by atoms with Crippen molar-refractivity contribution in [2.75, 3.05) is 26.2 Å². The van der Waals surface area contributed by atoms with Crippen LogP contribution >= 0.6 is 0 Å². The Bertz CT molecular complexity index is 596. The summed E-state index contributed by atoms with van der Waals surface area (Å²) in [6.45, 7) is 3.95. The molecule has 0 aromatic heterocycles. The fourth-order valence-electron chi connectivity index (χ4n) is 3.10. The standard InChI is InChI=1S/C17H22N4O3/c22-15(7-6-14-16(23)18-19-17(14)24)21-10-8-20(9-11-21)12-13-4-2-1-3-5-13/h1-5,14H,6-12H2,(H,18,23)(H,19,24). The van der Waals surface area contributed by atoms with E-state index in [0.717, 1.165) is 19.6 Å². The zero-order valence-corrected chi connectivity index (χ0v) is 13.5. The first-order valence-corrected chi connectivity index (χ1v) is 8.27. The van der Waals surface area contributed by atoms with Crippen molar-refractivity contribution in [1.29, 1.82) is 0 Å². The summed E-state index contributed by atoms with van der Waals surface area (Å²) in [7, 11) is 0. The second-order valence-electron chi connectivity index (χ2n) is 6.21. The Morgan fingerprint density at radius 2 is 1.62 bits per heavy atom. The quantitative estimate of drug-likeness (QED) is 0.738. The maximum atomic E-state index is 12.3. The van der Waals surface area contributed by atoms with Crippen LogP contribution < -0.4 is 10.9 Å². The van der Waals surface area contributed by atoms with Gasteiger partial charge < -0.3 is 4.90 Å². The Morgan fingerprint density at radius 3 is 2.25 bits per heavy atom. The van der Waals surface area contributed by atoms with Crippen LogP contribution in [0.4, 0.5) is 0 Å². The highest BCUT2D eigenvalue weighted by molar-refractivity contribution is 6.05. The first-order valence-electron chi connectivity index (χ1n) is 8.27. The van der Waals surface area contributed by atoms with E-state index in [9.17, 15) is 14.4 Å². The summed E-state index contributed by atoms with van der Waals surface area (Å²) in [5.74, 6) is -1.42. The molecule has 1 aromatic rings. The average molecular weight is 330 g/mol. The molecule has 0 bridgehead atoms. The van der Waals surface area contributed by atoms with Gasteiger partial charge in [-0.2, -0.15) is 0 Å². The van der Waals surface area contributed by atoms with E-state index in [0.29, 0.717) is 13.1 Å². The Balaban J connectivity index is 1.42. The molecule has 2 fully saturated rings. The van der Waals surface area contributed by atoms with Gasteiger partial charge in [0.15, 0.2) is 0 Å². The number of nitrogens with one attached hydrogen (secondary N) is 2. The number of benzene rings is 1. The SMILES string of the molecule is O=C1NNC(=O)C1CCC(=O)N1CCN(Cc2ccccc2)CC1. The number of hydrazine groups is 1. The Labute approximate surface area is 141 Å². The summed E-state index contributed by atoms with van der Waals surface area (Å²) in [5.41, 5.74) is 5.84. The molecule has 128 valence electrons. The van der Waals surface area contributed by atoms with Crippen molar-refractivity contribution >= 4 is 17.7 Å². The molecule has 0 atom stereocenters. The predicted octanol–water partition coefficient (Wildman–Crippen LogP) is -0.112. The smallest absolute Gasteiger partial charge is 0.251 e. The summed E-state index contributed by atoms with van der Waals surface area (Å²) in [5, 5.41) is 0. The molecule has 7 nitrogen and oxygen atoms in total. The largest absolute Gasteiger partial charge is 0.340 e. The van der Waals surface area contributed by atoms with Crippen molar-refractivity contribution in [2.45, 2.75) is 19.4 Å². The third-order valence-corrected chi connectivity index (χ3v) is 4.56. The Kier molecular flexibility index (Phi) is 5.10. The summed E-state index contributed by atoms with van der Waals surface area (Å²) in [6.07, 6.45) is 0.491. The topological polar surface area (TPSA) is 81.8 Å². The molecular formula is C17H22N4O3. The molecular weight excluding hydrogens is 308 g/mol. The number of carbonyl (C=O) groups excluding carboxylic acids is 3. The molecule has 3 rings (SSSR count). The summed E-state index contributed by atoms with van der Waals surface area (Å²) in [4.78, 5) is 39.4. The molecule has 2 aliphatic heterocycles. The van der Waals surface area contributed by atoms with E-state index >= 15 is 0 Å². The number of hydrogen-bond donors (Lipinski definition) is 2. The van der Waals surface area contributed by atoms with Crippen LogP contribution in [0, 0.1) is 5.92 Å². The minimum absolute atomic E-state index is 0.0156. The van der Waals surface area contributed by atoms with Gasteiger partial charge in [-0.1, -0.05) is 30.3 Å². The molecule has 2 saturated heterocycles. The van der Waals surface area contributed by atoms with E-state index in [2.05, 4.69) is 27.9 Å². The highest BCUT2D eigenvalue weighted by Crippen LogP contribution is 2.14. The first kappa shape index (κ1) is 16.4. The lowest BCUT2D eigenvalue weighted by Crippen LogP contribution is -2.48. The monoisotopic (exact) mass is 330 g/mol. The zero-order valence-electron chi connectivity index (χ0n) is 13.5. The highest BCUT2D eigenvalue weighted by Gasteiger charge is 2.33. The fourth-order valence-corrected chi connectivity index (χ4v) is 3.10. The average Bonchev–Trinajstić information content (AvgIpc) is 2.92. The second-order valence-corrected chi connectivity index (χ2v) is 6.21. The normalized spacial score (nSPS) is 19.2. The van der Waals surface area contributed by atoms with Gasteiger partial charge in [-0.3, -0.25) is 30.1 Å². The van der Waals surface area contributed by atoms with Gasteiger partial charge in [0.25, 0.3) is 11.8 Å². The van der Waals surface area contributed by atoms with E-state index in [1.165, 1.54) is 5.56 Å². The van der Waals surface area contributed by atoms with Crippen LogP contribution in [-0.4, -0.2) is 53.7 Å². The minimum Gasteiger partial charge on any atom is -0.340 e. The molecule has 1 aromatic carbocycles. The van der Waals surface area contributed by atoms with Gasteiger partial charge in [0.2, 0.25) is 5.91 Å². The van der Waals surface area contributed by atoms with E-state index in [1.54, 1.807) is 0 Å². The maximum absolute atomic E-state index is 12.3. The van der Waals surface area contributed by atoms with Gasteiger partial charge in [0.1, 0.15) is 5.92 Å². The highest BCUT2D eigenvalue weighted by atomic mass is 16.2. The number of nitrogens with zero attached hydrogens (tertiary/aromatic N) is 2. The number of rotatable bonds is 5. The van der Waals surface area contributed by atoms with Gasteiger partial charge in [-0.05, 0) is 12.0 Å². The van der Waals surface area contributed by atoms with Gasteiger partial charge in [0, 0.05) is 39.1 Å². The number of piperazine rings is 1. The molecule has 0 aliphatic carbocycles.